The summed E-state index contributed by atoms with van der Waals surface area (Å²) in [6, 6.07) is 8.83. The van der Waals surface area contributed by atoms with Crippen LogP contribution in [-0.2, 0) is 13.0 Å². The van der Waals surface area contributed by atoms with Gasteiger partial charge < -0.3 is 9.88 Å². The van der Waals surface area contributed by atoms with E-state index in [4.69, 9.17) is 0 Å². The van der Waals surface area contributed by atoms with Gasteiger partial charge in [-0.05, 0) is 23.6 Å². The molecule has 3 rings (SSSR count). The first-order valence-electron chi connectivity index (χ1n) is 5.33. The van der Waals surface area contributed by atoms with Gasteiger partial charge in [-0.25, -0.2) is 0 Å². The normalized spacial score (nSPS) is 16.3. The molecule has 1 aromatic heterocycles. The van der Waals surface area contributed by atoms with Gasteiger partial charge in [0.2, 0.25) is 0 Å². The fourth-order valence-corrected chi connectivity index (χ4v) is 2.64. The molecule has 0 aliphatic carbocycles. The monoisotopic (exact) mass is 264 g/mol. The molecule has 0 fully saturated rings. The number of benzene rings is 1. The summed E-state index contributed by atoms with van der Waals surface area (Å²) in [5, 5.41) is 4.78. The molecule has 0 amide bonds. The minimum absolute atomic E-state index is 1.07. The molecule has 0 saturated carbocycles. The van der Waals surface area contributed by atoms with Gasteiger partial charge in [-0.1, -0.05) is 22.0 Å². The third kappa shape index (κ3) is 1.60. The molecule has 0 spiro atoms. The lowest BCUT2D eigenvalue weighted by atomic mass is 10.2. The highest BCUT2D eigenvalue weighted by molar-refractivity contribution is 9.10. The van der Waals surface area contributed by atoms with Crippen molar-refractivity contribution in [2.45, 2.75) is 13.0 Å². The zero-order chi connectivity index (χ0) is 10.3. The Kier molecular flexibility index (Phi) is 2.29. The topological polar surface area (TPSA) is 17.0 Å². The SMILES string of the molecule is Brc1ccc2cc3n(c2c1)CCNCC3. The van der Waals surface area contributed by atoms with Crippen molar-refractivity contribution >= 4 is 26.8 Å². The van der Waals surface area contributed by atoms with Crippen LogP contribution in [-0.4, -0.2) is 17.7 Å². The smallest absolute Gasteiger partial charge is 0.0494 e. The number of hydrogen-bond acceptors (Lipinski definition) is 1. The van der Waals surface area contributed by atoms with Gasteiger partial charge in [0.05, 0.1) is 0 Å². The van der Waals surface area contributed by atoms with E-state index in [2.05, 4.69) is 50.1 Å². The first-order chi connectivity index (χ1) is 7.34. The van der Waals surface area contributed by atoms with Crippen LogP contribution in [0.2, 0.25) is 0 Å². The number of halogens is 1. The minimum atomic E-state index is 1.07. The summed E-state index contributed by atoms with van der Waals surface area (Å²) in [6.07, 6.45) is 1.13. The van der Waals surface area contributed by atoms with E-state index in [1.165, 1.54) is 16.6 Å². The fraction of sp³-hybridized carbons (Fsp3) is 0.333. The zero-order valence-electron chi connectivity index (χ0n) is 8.46. The maximum Gasteiger partial charge on any atom is 0.0494 e. The Morgan fingerprint density at radius 2 is 2.13 bits per heavy atom. The van der Waals surface area contributed by atoms with Crippen LogP contribution in [0.15, 0.2) is 28.7 Å². The second-order valence-corrected chi connectivity index (χ2v) is 4.91. The lowest BCUT2D eigenvalue weighted by Gasteiger charge is -2.05. The summed E-state index contributed by atoms with van der Waals surface area (Å²) in [5.41, 5.74) is 2.80. The van der Waals surface area contributed by atoms with E-state index in [0.717, 1.165) is 30.5 Å². The summed E-state index contributed by atoms with van der Waals surface area (Å²) < 4.78 is 3.59. The highest BCUT2D eigenvalue weighted by Gasteiger charge is 2.11. The van der Waals surface area contributed by atoms with E-state index >= 15 is 0 Å². The summed E-state index contributed by atoms with van der Waals surface area (Å²) in [7, 11) is 0. The predicted molar refractivity (Wildman–Crippen MR) is 66.2 cm³/mol. The van der Waals surface area contributed by atoms with Gasteiger partial charge in [0.15, 0.2) is 0 Å². The number of hydrogen-bond donors (Lipinski definition) is 1. The van der Waals surface area contributed by atoms with Crippen molar-refractivity contribution < 1.29 is 0 Å². The largest absolute Gasteiger partial charge is 0.343 e. The predicted octanol–water partition coefficient (Wildman–Crippen LogP) is 2.55. The summed E-state index contributed by atoms with van der Waals surface area (Å²) in [4.78, 5) is 0. The quantitative estimate of drug-likeness (QED) is 0.774. The van der Waals surface area contributed by atoms with Crippen LogP contribution < -0.4 is 5.32 Å². The van der Waals surface area contributed by atoms with Crippen LogP contribution in [0, 0.1) is 0 Å². The Bertz CT molecular complexity index is 502. The van der Waals surface area contributed by atoms with Crippen molar-refractivity contribution in [3.05, 3.63) is 34.4 Å². The molecule has 0 radical (unpaired) electrons. The van der Waals surface area contributed by atoms with Crippen molar-refractivity contribution in [2.24, 2.45) is 0 Å². The maximum atomic E-state index is 3.54. The molecule has 3 heteroatoms. The van der Waals surface area contributed by atoms with Crippen LogP contribution in [0.4, 0.5) is 0 Å². The summed E-state index contributed by atoms with van der Waals surface area (Å²) in [5.74, 6) is 0. The first-order valence-corrected chi connectivity index (χ1v) is 6.12. The fourth-order valence-electron chi connectivity index (χ4n) is 2.29. The molecule has 2 nitrogen and oxygen atoms in total. The number of nitrogens with one attached hydrogen (secondary N) is 1. The standard InChI is InChI=1S/C12H13BrN2/c13-10-2-1-9-7-11-3-4-14-5-6-15(11)12(9)8-10/h1-2,7-8,14H,3-6H2. The molecule has 15 heavy (non-hydrogen) atoms. The summed E-state index contributed by atoms with van der Waals surface area (Å²) in [6.45, 7) is 3.25. The molecular weight excluding hydrogens is 252 g/mol. The third-order valence-electron chi connectivity index (χ3n) is 3.02. The molecule has 0 atom stereocenters. The lowest BCUT2D eigenvalue weighted by Crippen LogP contribution is -2.17. The molecule has 0 unspecified atom stereocenters. The Morgan fingerprint density at radius 1 is 1.20 bits per heavy atom. The molecule has 1 aliphatic rings. The molecule has 0 bridgehead atoms. The number of aromatic nitrogens is 1. The zero-order valence-corrected chi connectivity index (χ0v) is 10.0. The highest BCUT2D eigenvalue weighted by Crippen LogP contribution is 2.24. The van der Waals surface area contributed by atoms with Crippen LogP contribution in [0.5, 0.6) is 0 Å². The van der Waals surface area contributed by atoms with Crippen molar-refractivity contribution in [2.75, 3.05) is 13.1 Å². The Labute approximate surface area is 97.4 Å². The van der Waals surface area contributed by atoms with Crippen molar-refractivity contribution in [3.63, 3.8) is 0 Å². The average Bonchev–Trinajstić information content (AvgIpc) is 2.44. The third-order valence-corrected chi connectivity index (χ3v) is 3.52. The van der Waals surface area contributed by atoms with E-state index in [-0.39, 0.29) is 0 Å². The van der Waals surface area contributed by atoms with Gasteiger partial charge in [0, 0.05) is 41.7 Å². The first kappa shape index (κ1) is 9.43. The Morgan fingerprint density at radius 3 is 3.07 bits per heavy atom. The van der Waals surface area contributed by atoms with Crippen molar-refractivity contribution in [1.29, 1.82) is 0 Å². The van der Waals surface area contributed by atoms with Gasteiger partial charge in [-0.15, -0.1) is 0 Å². The second kappa shape index (κ2) is 3.65. The molecule has 2 heterocycles. The van der Waals surface area contributed by atoms with E-state index < -0.39 is 0 Å². The highest BCUT2D eigenvalue weighted by atomic mass is 79.9. The van der Waals surface area contributed by atoms with Gasteiger partial charge in [0.1, 0.15) is 0 Å². The van der Waals surface area contributed by atoms with Crippen LogP contribution in [0.1, 0.15) is 5.69 Å². The van der Waals surface area contributed by atoms with E-state index in [0.29, 0.717) is 0 Å². The maximum absolute atomic E-state index is 3.54. The number of nitrogens with zero attached hydrogens (tertiary/aromatic N) is 1. The molecular formula is C12H13BrN2. The molecule has 1 aliphatic heterocycles. The number of rotatable bonds is 0. The molecule has 2 aromatic rings. The van der Waals surface area contributed by atoms with Crippen molar-refractivity contribution in [3.8, 4) is 0 Å². The van der Waals surface area contributed by atoms with Crippen molar-refractivity contribution in [1.82, 2.24) is 9.88 Å². The van der Waals surface area contributed by atoms with Crippen LogP contribution in [0.25, 0.3) is 10.9 Å². The second-order valence-electron chi connectivity index (χ2n) is 3.99. The van der Waals surface area contributed by atoms with E-state index in [9.17, 15) is 0 Å². The van der Waals surface area contributed by atoms with Gasteiger partial charge in [0.25, 0.3) is 0 Å². The average molecular weight is 265 g/mol. The molecule has 1 N–H and O–H groups in total. The Balaban J connectivity index is 2.24. The molecule has 78 valence electrons. The van der Waals surface area contributed by atoms with Crippen LogP contribution >= 0.6 is 15.9 Å². The van der Waals surface area contributed by atoms with Gasteiger partial charge in [-0.3, -0.25) is 0 Å². The molecule has 1 aromatic carbocycles. The van der Waals surface area contributed by atoms with Gasteiger partial charge in [-0.2, -0.15) is 0 Å². The number of fused-ring (bicyclic) bond motifs is 3. The summed E-state index contributed by atoms with van der Waals surface area (Å²) >= 11 is 3.54. The minimum Gasteiger partial charge on any atom is -0.343 e. The Hall–Kier alpha value is -0.800. The van der Waals surface area contributed by atoms with Crippen LogP contribution in [0.3, 0.4) is 0 Å². The molecule has 0 saturated heterocycles. The van der Waals surface area contributed by atoms with E-state index in [1.54, 1.807) is 0 Å². The van der Waals surface area contributed by atoms with Gasteiger partial charge >= 0.3 is 0 Å². The lowest BCUT2D eigenvalue weighted by molar-refractivity contribution is 0.658. The van der Waals surface area contributed by atoms with E-state index in [1.807, 2.05) is 0 Å².